The highest BCUT2D eigenvalue weighted by molar-refractivity contribution is 5.95. The van der Waals surface area contributed by atoms with Crippen LogP contribution in [0.15, 0.2) is 47.3 Å². The van der Waals surface area contributed by atoms with Crippen LogP contribution in [0, 0.1) is 12.7 Å². The molecule has 0 fully saturated rings. The molecule has 4 aromatic rings. The van der Waals surface area contributed by atoms with E-state index in [-0.39, 0.29) is 81.9 Å². The van der Waals surface area contributed by atoms with Crippen molar-refractivity contribution in [3.05, 3.63) is 97.6 Å². The van der Waals surface area contributed by atoms with Crippen molar-refractivity contribution in [3.63, 3.8) is 0 Å². The zero-order valence-corrected chi connectivity index (χ0v) is 36.6. The lowest BCUT2D eigenvalue weighted by atomic mass is 9.81. The number of aliphatic hydroxyl groups is 1. The summed E-state index contributed by atoms with van der Waals surface area (Å²) >= 11 is 0. The van der Waals surface area contributed by atoms with E-state index in [9.17, 15) is 43.5 Å². The molecule has 2 aromatic carbocycles. The summed E-state index contributed by atoms with van der Waals surface area (Å²) in [6, 6.07) is 10.2. The largest absolute Gasteiger partial charge is 0.458 e. The number of cyclic esters (lactones) is 1. The van der Waals surface area contributed by atoms with Crippen molar-refractivity contribution in [2.24, 2.45) is 5.73 Å². The van der Waals surface area contributed by atoms with Crippen LogP contribution in [0.4, 0.5) is 4.39 Å². The zero-order valence-electron chi connectivity index (χ0n) is 36.6. The number of carbonyl (C=O) groups excluding carboxylic acids is 7. The monoisotopic (exact) mass is 909 g/mol. The number of nitrogens with two attached hydrogens (primary N) is 1. The standard InChI is InChI=1S/C46H52FN9O10/c1-3-46(65)29-17-34-42-27(22-56(34)44(63)28(29)23-66-45(46)64)41-31(12-11-26-24(2)30(47)18-32(55-42)40(26)41)53-36(58)10-7-15-49-37(59)20-52-43(62)33(16-25-8-5-4-6-9-25)54-39(61)21-51-38(60)19-50-35(57)13-14-48/h4-6,8-9,17-18,31,33,65H,3,7,10-16,19-23,48H2,1-2H3,(H,49,59)(H,50,57)(H,51,60)(H,52,62)(H,53,58)(H,54,61)/t31?,33-,46-/m0/s1. The highest BCUT2D eigenvalue weighted by Gasteiger charge is 2.46. The van der Waals surface area contributed by atoms with Gasteiger partial charge in [-0.3, -0.25) is 33.6 Å². The number of fused-ring (bicyclic) bond motifs is 5. The Bertz CT molecular complexity index is 2690. The third-order valence-electron chi connectivity index (χ3n) is 12.2. The maximum absolute atomic E-state index is 15.3. The van der Waals surface area contributed by atoms with Gasteiger partial charge in [0, 0.05) is 54.9 Å². The Morgan fingerprint density at radius 3 is 2.38 bits per heavy atom. The third kappa shape index (κ3) is 9.79. The van der Waals surface area contributed by atoms with Gasteiger partial charge in [-0.1, -0.05) is 37.3 Å². The minimum Gasteiger partial charge on any atom is -0.458 e. The fraction of sp³-hybridized carbons (Fsp3) is 0.413. The van der Waals surface area contributed by atoms with Gasteiger partial charge in [0.25, 0.3) is 5.56 Å². The lowest BCUT2D eigenvalue weighted by Gasteiger charge is -2.31. The van der Waals surface area contributed by atoms with Crippen LogP contribution in [-0.2, 0) is 69.9 Å². The number of nitrogens with one attached hydrogen (secondary N) is 6. The molecule has 2 aliphatic heterocycles. The first-order chi connectivity index (χ1) is 31.6. The number of esters is 1. The summed E-state index contributed by atoms with van der Waals surface area (Å²) in [7, 11) is 0. The van der Waals surface area contributed by atoms with E-state index in [1.165, 1.54) is 10.6 Å². The molecule has 4 heterocycles. The second kappa shape index (κ2) is 20.0. The minimum absolute atomic E-state index is 0.0205. The minimum atomic E-state index is -2.03. The summed E-state index contributed by atoms with van der Waals surface area (Å²) in [6.07, 6.45) is 1.24. The van der Waals surface area contributed by atoms with E-state index in [1.54, 1.807) is 50.2 Å². The Labute approximate surface area is 377 Å². The molecule has 0 bridgehead atoms. The third-order valence-corrected chi connectivity index (χ3v) is 12.2. The van der Waals surface area contributed by atoms with Crippen LogP contribution in [-0.4, -0.2) is 94.8 Å². The molecule has 9 N–H and O–H groups in total. The maximum atomic E-state index is 15.3. The molecule has 348 valence electrons. The van der Waals surface area contributed by atoms with E-state index in [2.05, 4.69) is 31.9 Å². The van der Waals surface area contributed by atoms with Crippen LogP contribution in [0.25, 0.3) is 22.3 Å². The van der Waals surface area contributed by atoms with Crippen LogP contribution in [0.5, 0.6) is 0 Å². The second-order valence-corrected chi connectivity index (χ2v) is 16.5. The van der Waals surface area contributed by atoms with Gasteiger partial charge in [-0.2, -0.15) is 0 Å². The maximum Gasteiger partial charge on any atom is 0.343 e. The van der Waals surface area contributed by atoms with Gasteiger partial charge in [0.15, 0.2) is 5.60 Å². The Morgan fingerprint density at radius 2 is 1.64 bits per heavy atom. The molecular weight excluding hydrogens is 858 g/mol. The number of carbonyl (C=O) groups is 7. The van der Waals surface area contributed by atoms with Crippen molar-refractivity contribution >= 4 is 52.3 Å². The molecule has 7 rings (SSSR count). The topological polar surface area (TPSA) is 282 Å². The fourth-order valence-electron chi connectivity index (χ4n) is 8.74. The summed E-state index contributed by atoms with van der Waals surface area (Å²) in [6.45, 7) is 2.07. The molecule has 1 aliphatic carbocycles. The highest BCUT2D eigenvalue weighted by atomic mass is 19.1. The summed E-state index contributed by atoms with van der Waals surface area (Å²) in [5.74, 6) is -4.50. The van der Waals surface area contributed by atoms with Crippen LogP contribution in [0.2, 0.25) is 0 Å². The van der Waals surface area contributed by atoms with Gasteiger partial charge in [-0.25, -0.2) is 14.2 Å². The Kier molecular flexibility index (Phi) is 14.2. The average molecular weight is 910 g/mol. The van der Waals surface area contributed by atoms with Gasteiger partial charge < -0.3 is 52.0 Å². The molecule has 2 aromatic heterocycles. The molecule has 3 aliphatic rings. The highest BCUT2D eigenvalue weighted by Crippen LogP contribution is 2.46. The first-order valence-corrected chi connectivity index (χ1v) is 21.9. The molecule has 0 saturated carbocycles. The predicted octanol–water partition coefficient (Wildman–Crippen LogP) is -0.0481. The number of benzene rings is 2. The fourth-order valence-corrected chi connectivity index (χ4v) is 8.74. The Hall–Kier alpha value is -7.06. The van der Waals surface area contributed by atoms with Crippen LogP contribution >= 0.6 is 0 Å². The summed E-state index contributed by atoms with van der Waals surface area (Å²) in [5.41, 5.74) is 7.59. The number of aryl methyl sites for hydroxylation is 1. The van der Waals surface area contributed by atoms with Gasteiger partial charge in [-0.05, 0) is 60.9 Å². The van der Waals surface area contributed by atoms with Crippen molar-refractivity contribution in [1.82, 2.24) is 41.5 Å². The van der Waals surface area contributed by atoms with E-state index in [4.69, 9.17) is 15.5 Å². The van der Waals surface area contributed by atoms with Gasteiger partial charge in [0.2, 0.25) is 35.4 Å². The number of nitrogens with zero attached hydrogens (tertiary/aromatic N) is 2. The van der Waals surface area contributed by atoms with Crippen molar-refractivity contribution in [3.8, 4) is 11.4 Å². The van der Waals surface area contributed by atoms with Gasteiger partial charge in [0.1, 0.15) is 18.5 Å². The number of hydrogen-bond donors (Lipinski definition) is 8. The number of halogens is 1. The Morgan fingerprint density at radius 1 is 0.924 bits per heavy atom. The molecule has 0 saturated heterocycles. The summed E-state index contributed by atoms with van der Waals surface area (Å²) in [4.78, 5) is 107. The summed E-state index contributed by atoms with van der Waals surface area (Å²) < 4.78 is 22.0. The normalized spacial score (nSPS) is 17.0. The van der Waals surface area contributed by atoms with Crippen LogP contribution < -0.4 is 43.2 Å². The van der Waals surface area contributed by atoms with Gasteiger partial charge in [-0.15, -0.1) is 0 Å². The van der Waals surface area contributed by atoms with Crippen molar-refractivity contribution < 1.29 is 47.8 Å². The molecular formula is C46H52FN9O10. The van der Waals surface area contributed by atoms with Gasteiger partial charge in [0.05, 0.1) is 54.7 Å². The van der Waals surface area contributed by atoms with E-state index in [0.29, 0.717) is 51.8 Å². The molecule has 66 heavy (non-hydrogen) atoms. The van der Waals surface area contributed by atoms with Crippen molar-refractivity contribution in [2.45, 2.75) is 89.6 Å². The van der Waals surface area contributed by atoms with E-state index >= 15 is 4.39 Å². The molecule has 1 unspecified atom stereocenters. The van der Waals surface area contributed by atoms with Crippen LogP contribution in [0.1, 0.15) is 84.0 Å². The Balaban J connectivity index is 0.959. The molecule has 3 atom stereocenters. The van der Waals surface area contributed by atoms with E-state index < -0.39 is 77.7 Å². The number of amides is 6. The SMILES string of the molecule is CC[C@@]1(O)C(=O)OCc2c1cc1n(c2=O)Cc2c-1nc1cc(F)c(C)c3c1c2C(NC(=O)CCCNC(=O)CNC(=O)[C@H](Cc1ccccc1)NC(=O)CNC(=O)CNC(=O)CCN)CC3. The van der Waals surface area contributed by atoms with Crippen molar-refractivity contribution in [1.29, 1.82) is 0 Å². The first-order valence-electron chi connectivity index (χ1n) is 21.9. The number of aromatic nitrogens is 2. The molecule has 19 nitrogen and oxygen atoms in total. The number of pyridine rings is 2. The molecule has 0 spiro atoms. The lowest BCUT2D eigenvalue weighted by molar-refractivity contribution is -0.172. The second-order valence-electron chi connectivity index (χ2n) is 16.5. The van der Waals surface area contributed by atoms with Crippen LogP contribution in [0.3, 0.4) is 0 Å². The van der Waals surface area contributed by atoms with E-state index in [1.807, 2.05) is 0 Å². The molecule has 0 radical (unpaired) electrons. The van der Waals surface area contributed by atoms with Gasteiger partial charge >= 0.3 is 5.97 Å². The molecule has 6 amide bonds. The summed E-state index contributed by atoms with van der Waals surface area (Å²) in [5, 5.41) is 27.7. The quantitative estimate of drug-likeness (QED) is 0.0425. The zero-order chi connectivity index (χ0) is 47.3. The number of rotatable bonds is 18. The van der Waals surface area contributed by atoms with Crippen molar-refractivity contribution in [2.75, 3.05) is 32.7 Å². The number of hydrogen-bond acceptors (Lipinski definition) is 12. The molecule has 20 heteroatoms. The smallest absolute Gasteiger partial charge is 0.343 e. The van der Waals surface area contributed by atoms with E-state index in [0.717, 1.165) is 11.1 Å². The lowest BCUT2D eigenvalue weighted by Crippen LogP contribution is -2.52. The first kappa shape index (κ1) is 46.9. The average Bonchev–Trinajstić information content (AvgIpc) is 3.67. The predicted molar refractivity (Wildman–Crippen MR) is 235 cm³/mol. The number of ether oxygens (including phenoxy) is 1.